The zero-order valence-corrected chi connectivity index (χ0v) is 14.9. The lowest BCUT2D eigenvalue weighted by atomic mass is 9.88. The fourth-order valence-corrected chi connectivity index (χ4v) is 3.63. The first-order chi connectivity index (χ1) is 12.1. The monoisotopic (exact) mass is 348 g/mol. The summed E-state index contributed by atoms with van der Waals surface area (Å²) in [5, 5.41) is 7.15. The summed E-state index contributed by atoms with van der Waals surface area (Å²) in [4.78, 5) is 26.1. The van der Waals surface area contributed by atoms with E-state index in [-0.39, 0.29) is 23.5 Å². The average molecular weight is 348 g/mol. The SMILES string of the molecule is Cn1ncc(N2CCO[C@@H](CCNC(=O)C3CCCCC3)C2)cc1=O. The molecule has 138 valence electrons. The molecule has 7 heteroatoms. The fraction of sp³-hybridized carbons (Fsp3) is 0.722. The van der Waals surface area contributed by atoms with Gasteiger partial charge < -0.3 is 15.0 Å². The number of rotatable bonds is 5. The van der Waals surface area contributed by atoms with E-state index in [0.717, 1.165) is 31.5 Å². The van der Waals surface area contributed by atoms with Crippen LogP contribution in [0.3, 0.4) is 0 Å². The molecule has 1 aromatic rings. The zero-order chi connectivity index (χ0) is 17.6. The summed E-state index contributed by atoms with van der Waals surface area (Å²) in [6, 6.07) is 1.61. The predicted molar refractivity (Wildman–Crippen MR) is 95.6 cm³/mol. The minimum Gasteiger partial charge on any atom is -0.374 e. The molecule has 0 radical (unpaired) electrons. The third kappa shape index (κ3) is 4.81. The molecule has 1 N–H and O–H groups in total. The summed E-state index contributed by atoms with van der Waals surface area (Å²) in [7, 11) is 1.64. The second kappa shape index (κ2) is 8.47. The number of carbonyl (C=O) groups is 1. The Bertz CT molecular complexity index is 639. The zero-order valence-electron chi connectivity index (χ0n) is 14.9. The molecule has 0 unspecified atom stereocenters. The smallest absolute Gasteiger partial charge is 0.268 e. The van der Waals surface area contributed by atoms with Gasteiger partial charge in [-0.25, -0.2) is 4.68 Å². The van der Waals surface area contributed by atoms with E-state index in [0.29, 0.717) is 19.7 Å². The molecule has 1 saturated heterocycles. The Labute approximate surface area is 148 Å². The molecule has 0 aromatic carbocycles. The van der Waals surface area contributed by atoms with Crippen LogP contribution < -0.4 is 15.8 Å². The van der Waals surface area contributed by atoms with E-state index in [1.807, 2.05) is 0 Å². The van der Waals surface area contributed by atoms with E-state index in [9.17, 15) is 9.59 Å². The molecule has 3 rings (SSSR count). The third-order valence-corrected chi connectivity index (χ3v) is 5.20. The van der Waals surface area contributed by atoms with Crippen LogP contribution in [0.5, 0.6) is 0 Å². The molecule has 1 amide bonds. The molecule has 1 saturated carbocycles. The molecule has 1 aromatic heterocycles. The van der Waals surface area contributed by atoms with Crippen molar-refractivity contribution in [2.45, 2.75) is 44.6 Å². The number of aryl methyl sites for hydroxylation is 1. The highest BCUT2D eigenvalue weighted by Gasteiger charge is 2.23. The second-order valence-electron chi connectivity index (χ2n) is 7.03. The molecule has 7 nitrogen and oxygen atoms in total. The maximum absolute atomic E-state index is 12.2. The Morgan fingerprint density at radius 3 is 2.92 bits per heavy atom. The second-order valence-corrected chi connectivity index (χ2v) is 7.03. The minimum absolute atomic E-state index is 0.0597. The van der Waals surface area contributed by atoms with E-state index in [2.05, 4.69) is 15.3 Å². The van der Waals surface area contributed by atoms with Gasteiger partial charge in [0.15, 0.2) is 0 Å². The van der Waals surface area contributed by atoms with E-state index >= 15 is 0 Å². The molecule has 1 atom stereocenters. The Morgan fingerprint density at radius 1 is 1.36 bits per heavy atom. The van der Waals surface area contributed by atoms with Gasteiger partial charge in [0.05, 0.1) is 24.6 Å². The van der Waals surface area contributed by atoms with E-state index < -0.39 is 0 Å². The van der Waals surface area contributed by atoms with Gasteiger partial charge in [0.25, 0.3) is 5.56 Å². The number of nitrogens with one attached hydrogen (secondary N) is 1. The first kappa shape index (κ1) is 17.9. The highest BCUT2D eigenvalue weighted by molar-refractivity contribution is 5.78. The number of ether oxygens (including phenoxy) is 1. The van der Waals surface area contributed by atoms with Crippen molar-refractivity contribution < 1.29 is 9.53 Å². The predicted octanol–water partition coefficient (Wildman–Crippen LogP) is 1.07. The highest BCUT2D eigenvalue weighted by atomic mass is 16.5. The van der Waals surface area contributed by atoms with Gasteiger partial charge in [-0.1, -0.05) is 19.3 Å². The summed E-state index contributed by atoms with van der Waals surface area (Å²) < 4.78 is 7.14. The van der Waals surface area contributed by atoms with Gasteiger partial charge in [0.2, 0.25) is 5.91 Å². The molecular weight excluding hydrogens is 320 g/mol. The van der Waals surface area contributed by atoms with Crippen molar-refractivity contribution in [2.75, 3.05) is 31.1 Å². The summed E-state index contributed by atoms with van der Waals surface area (Å²) >= 11 is 0. The third-order valence-electron chi connectivity index (χ3n) is 5.20. The van der Waals surface area contributed by atoms with Crippen LogP contribution in [-0.2, 0) is 16.6 Å². The standard InChI is InChI=1S/C18H28N4O3/c1-21-17(23)11-15(12-20-21)22-9-10-25-16(13-22)7-8-19-18(24)14-5-3-2-4-6-14/h11-12,14,16H,2-10,13H2,1H3,(H,19,24)/t16-/m0/s1. The molecule has 0 spiro atoms. The van der Waals surface area contributed by atoms with E-state index in [4.69, 9.17) is 4.74 Å². The van der Waals surface area contributed by atoms with Gasteiger partial charge in [-0.05, 0) is 19.3 Å². The Balaban J connectivity index is 1.46. The van der Waals surface area contributed by atoms with Crippen molar-refractivity contribution in [2.24, 2.45) is 13.0 Å². The number of hydrogen-bond donors (Lipinski definition) is 1. The van der Waals surface area contributed by atoms with Crippen molar-refractivity contribution in [3.05, 3.63) is 22.6 Å². The van der Waals surface area contributed by atoms with Crippen LogP contribution in [0.4, 0.5) is 5.69 Å². The van der Waals surface area contributed by atoms with Crippen molar-refractivity contribution in [1.29, 1.82) is 0 Å². The maximum atomic E-state index is 12.2. The first-order valence-electron chi connectivity index (χ1n) is 9.31. The molecule has 0 bridgehead atoms. The van der Waals surface area contributed by atoms with Gasteiger partial charge in [0, 0.05) is 38.7 Å². The summed E-state index contributed by atoms with van der Waals surface area (Å²) in [6.45, 7) is 2.73. The maximum Gasteiger partial charge on any atom is 0.268 e. The molecule has 25 heavy (non-hydrogen) atoms. The highest BCUT2D eigenvalue weighted by Crippen LogP contribution is 2.23. The number of amides is 1. The number of nitrogens with zero attached hydrogens (tertiary/aromatic N) is 3. The average Bonchev–Trinajstić information content (AvgIpc) is 2.65. The van der Waals surface area contributed by atoms with Crippen LogP contribution in [0.25, 0.3) is 0 Å². The summed E-state index contributed by atoms with van der Waals surface area (Å²) in [6.07, 6.45) is 8.21. The van der Waals surface area contributed by atoms with Gasteiger partial charge in [0.1, 0.15) is 0 Å². The Hall–Kier alpha value is -1.89. The Morgan fingerprint density at radius 2 is 2.16 bits per heavy atom. The van der Waals surface area contributed by atoms with E-state index in [1.54, 1.807) is 19.3 Å². The van der Waals surface area contributed by atoms with Crippen LogP contribution in [0, 0.1) is 5.92 Å². The Kier molecular flexibility index (Phi) is 6.07. The van der Waals surface area contributed by atoms with Crippen LogP contribution in [0.2, 0.25) is 0 Å². The van der Waals surface area contributed by atoms with Crippen LogP contribution in [-0.4, -0.2) is 48.0 Å². The van der Waals surface area contributed by atoms with Crippen LogP contribution in [0.15, 0.2) is 17.1 Å². The lowest BCUT2D eigenvalue weighted by Gasteiger charge is -2.34. The molecule has 2 fully saturated rings. The lowest BCUT2D eigenvalue weighted by molar-refractivity contribution is -0.126. The molecule has 1 aliphatic heterocycles. The van der Waals surface area contributed by atoms with Crippen LogP contribution in [0.1, 0.15) is 38.5 Å². The van der Waals surface area contributed by atoms with Crippen molar-refractivity contribution in [3.63, 3.8) is 0 Å². The lowest BCUT2D eigenvalue weighted by Crippen LogP contribution is -2.44. The van der Waals surface area contributed by atoms with Gasteiger partial charge >= 0.3 is 0 Å². The fourth-order valence-electron chi connectivity index (χ4n) is 3.63. The van der Waals surface area contributed by atoms with Gasteiger partial charge in [-0.3, -0.25) is 9.59 Å². The molecule has 1 aliphatic carbocycles. The number of hydrogen-bond acceptors (Lipinski definition) is 5. The summed E-state index contributed by atoms with van der Waals surface area (Å²) in [5.74, 6) is 0.396. The van der Waals surface area contributed by atoms with Gasteiger partial charge in [-0.2, -0.15) is 5.10 Å². The van der Waals surface area contributed by atoms with Crippen molar-refractivity contribution >= 4 is 11.6 Å². The van der Waals surface area contributed by atoms with Crippen LogP contribution >= 0.6 is 0 Å². The topological polar surface area (TPSA) is 76.5 Å². The van der Waals surface area contributed by atoms with Crippen molar-refractivity contribution in [3.8, 4) is 0 Å². The normalized spacial score (nSPS) is 22.0. The number of aromatic nitrogens is 2. The first-order valence-corrected chi connectivity index (χ1v) is 9.31. The largest absolute Gasteiger partial charge is 0.374 e. The van der Waals surface area contributed by atoms with Gasteiger partial charge in [-0.15, -0.1) is 0 Å². The van der Waals surface area contributed by atoms with Crippen molar-refractivity contribution in [1.82, 2.24) is 15.1 Å². The number of carbonyl (C=O) groups excluding carboxylic acids is 1. The van der Waals surface area contributed by atoms with E-state index in [1.165, 1.54) is 23.9 Å². The number of anilines is 1. The number of morpholine rings is 1. The molecular formula is C18H28N4O3. The quantitative estimate of drug-likeness (QED) is 0.861. The molecule has 2 aliphatic rings. The molecule has 2 heterocycles. The minimum atomic E-state index is -0.111. The summed E-state index contributed by atoms with van der Waals surface area (Å²) in [5.41, 5.74) is 0.725.